The van der Waals surface area contributed by atoms with Crippen LogP contribution in [-0.4, -0.2) is 27.2 Å². The van der Waals surface area contributed by atoms with Crippen LogP contribution in [-0.2, 0) is 13.1 Å². The van der Waals surface area contributed by atoms with Gasteiger partial charge in [0.15, 0.2) is 0 Å². The Morgan fingerprint density at radius 2 is 2.19 bits per heavy atom. The fraction of sp³-hybridized carbons (Fsp3) is 0.429. The summed E-state index contributed by atoms with van der Waals surface area (Å²) in [6.07, 6.45) is 1.56. The van der Waals surface area contributed by atoms with Gasteiger partial charge >= 0.3 is 5.69 Å². The molecule has 112 valence electrons. The molecule has 0 spiro atoms. The summed E-state index contributed by atoms with van der Waals surface area (Å²) in [6, 6.07) is 3.88. The highest BCUT2D eigenvalue weighted by atomic mass is 16.3. The van der Waals surface area contributed by atoms with E-state index in [0.29, 0.717) is 42.9 Å². The number of hydrogen-bond donors (Lipinski definition) is 2. The van der Waals surface area contributed by atoms with Gasteiger partial charge in [0.1, 0.15) is 11.6 Å². The topological polar surface area (TPSA) is 83.3 Å². The highest BCUT2D eigenvalue weighted by molar-refractivity contribution is 5.45. The first-order chi connectivity index (χ1) is 10.1. The quantitative estimate of drug-likeness (QED) is 0.872. The van der Waals surface area contributed by atoms with E-state index in [0.717, 1.165) is 0 Å². The summed E-state index contributed by atoms with van der Waals surface area (Å²) in [5, 5.41) is 3.18. The average molecular weight is 290 g/mol. The number of nitrogens with zero attached hydrogens (tertiary/aromatic N) is 2. The molecule has 7 nitrogen and oxygen atoms in total. The van der Waals surface area contributed by atoms with Crippen LogP contribution in [0.15, 0.2) is 32.4 Å². The maximum Gasteiger partial charge on any atom is 0.330 e. The van der Waals surface area contributed by atoms with Crippen LogP contribution < -0.4 is 16.6 Å². The zero-order chi connectivity index (χ0) is 15.0. The number of aromatic nitrogens is 2. The maximum atomic E-state index is 12.1. The number of rotatable bonds is 3. The lowest BCUT2D eigenvalue weighted by Gasteiger charge is -2.33. The van der Waals surface area contributed by atoms with E-state index >= 15 is 0 Å². The molecule has 0 radical (unpaired) electrons. The third kappa shape index (κ3) is 2.52. The van der Waals surface area contributed by atoms with Gasteiger partial charge in [-0.2, -0.15) is 0 Å². The number of aromatic amines is 1. The standard InChI is InChI=1S/C14H18N4O3/c1-9(2)17-7-11-12(15-8-17)18(14(20)16-13(11)19)6-10-4-3-5-21-10/h3-5,9,15H,6-8H2,1-2H3,(H,16,19,20). The monoisotopic (exact) mass is 290 g/mol. The molecule has 0 atom stereocenters. The molecule has 2 N–H and O–H groups in total. The van der Waals surface area contributed by atoms with Crippen LogP contribution in [0.5, 0.6) is 0 Å². The lowest BCUT2D eigenvalue weighted by atomic mass is 10.2. The second kappa shape index (κ2) is 5.25. The van der Waals surface area contributed by atoms with E-state index in [-0.39, 0.29) is 5.56 Å². The molecule has 0 fully saturated rings. The summed E-state index contributed by atoms with van der Waals surface area (Å²) >= 11 is 0. The molecule has 1 aliphatic heterocycles. The maximum absolute atomic E-state index is 12.1. The molecule has 0 saturated carbocycles. The van der Waals surface area contributed by atoms with E-state index in [9.17, 15) is 9.59 Å². The molecule has 0 aromatic carbocycles. The Morgan fingerprint density at radius 1 is 1.38 bits per heavy atom. The van der Waals surface area contributed by atoms with Gasteiger partial charge < -0.3 is 9.73 Å². The molecule has 21 heavy (non-hydrogen) atoms. The molecule has 0 aliphatic carbocycles. The van der Waals surface area contributed by atoms with Gasteiger partial charge in [-0.25, -0.2) is 4.79 Å². The molecule has 0 unspecified atom stereocenters. The van der Waals surface area contributed by atoms with E-state index in [4.69, 9.17) is 4.42 Å². The summed E-state index contributed by atoms with van der Waals surface area (Å²) in [6.45, 7) is 5.55. The van der Waals surface area contributed by atoms with E-state index in [1.165, 1.54) is 4.57 Å². The van der Waals surface area contributed by atoms with Crippen LogP contribution in [0.1, 0.15) is 25.2 Å². The molecule has 0 bridgehead atoms. The summed E-state index contributed by atoms with van der Waals surface area (Å²) in [5.74, 6) is 1.25. The largest absolute Gasteiger partial charge is 0.467 e. The zero-order valence-electron chi connectivity index (χ0n) is 12.0. The lowest BCUT2D eigenvalue weighted by molar-refractivity contribution is 0.218. The first-order valence-corrected chi connectivity index (χ1v) is 6.92. The van der Waals surface area contributed by atoms with E-state index in [1.54, 1.807) is 18.4 Å². The van der Waals surface area contributed by atoms with Gasteiger partial charge in [-0.05, 0) is 26.0 Å². The summed E-state index contributed by atoms with van der Waals surface area (Å²) in [4.78, 5) is 28.6. The smallest absolute Gasteiger partial charge is 0.330 e. The summed E-state index contributed by atoms with van der Waals surface area (Å²) in [5.41, 5.74) is -0.176. The van der Waals surface area contributed by atoms with Crippen molar-refractivity contribution >= 4 is 5.82 Å². The van der Waals surface area contributed by atoms with E-state index in [1.807, 2.05) is 0 Å². The fourth-order valence-electron chi connectivity index (χ4n) is 2.47. The summed E-state index contributed by atoms with van der Waals surface area (Å²) in [7, 11) is 0. The SMILES string of the molecule is CC(C)N1CNc2c(c(=O)[nH]c(=O)n2Cc2ccco2)C1. The molecule has 2 aromatic rings. The Morgan fingerprint density at radius 3 is 2.86 bits per heavy atom. The van der Waals surface area contributed by atoms with Crippen molar-refractivity contribution in [2.24, 2.45) is 0 Å². The summed E-state index contributed by atoms with van der Waals surface area (Å²) < 4.78 is 6.79. The molecular formula is C14H18N4O3. The normalized spacial score (nSPS) is 15.0. The van der Waals surface area contributed by atoms with Gasteiger partial charge in [-0.1, -0.05) is 0 Å². The minimum Gasteiger partial charge on any atom is -0.467 e. The van der Waals surface area contributed by atoms with Gasteiger partial charge in [0.05, 0.1) is 25.0 Å². The number of nitrogens with one attached hydrogen (secondary N) is 2. The van der Waals surface area contributed by atoms with Gasteiger partial charge in [0, 0.05) is 12.6 Å². The molecule has 7 heteroatoms. The number of furan rings is 1. The third-order valence-corrected chi connectivity index (χ3v) is 3.73. The molecule has 1 aliphatic rings. The van der Waals surface area contributed by atoms with Crippen molar-refractivity contribution in [1.82, 2.24) is 14.5 Å². The van der Waals surface area contributed by atoms with Gasteiger partial charge in [-0.15, -0.1) is 0 Å². The van der Waals surface area contributed by atoms with E-state index in [2.05, 4.69) is 29.0 Å². The Hall–Kier alpha value is -2.28. The first kappa shape index (κ1) is 13.7. The Balaban J connectivity index is 2.04. The van der Waals surface area contributed by atoms with Crippen LogP contribution in [0.4, 0.5) is 5.82 Å². The highest BCUT2D eigenvalue weighted by Gasteiger charge is 2.24. The van der Waals surface area contributed by atoms with Crippen LogP contribution in [0, 0.1) is 0 Å². The molecular weight excluding hydrogens is 272 g/mol. The highest BCUT2D eigenvalue weighted by Crippen LogP contribution is 2.19. The minimum atomic E-state index is -0.430. The number of H-pyrrole nitrogens is 1. The lowest BCUT2D eigenvalue weighted by Crippen LogP contribution is -2.45. The van der Waals surface area contributed by atoms with Crippen molar-refractivity contribution in [2.45, 2.75) is 33.0 Å². The second-order valence-corrected chi connectivity index (χ2v) is 5.43. The predicted molar refractivity (Wildman–Crippen MR) is 78.3 cm³/mol. The fourth-order valence-corrected chi connectivity index (χ4v) is 2.47. The van der Waals surface area contributed by atoms with Crippen molar-refractivity contribution in [3.8, 4) is 0 Å². The van der Waals surface area contributed by atoms with Crippen molar-refractivity contribution < 1.29 is 4.42 Å². The van der Waals surface area contributed by atoms with Gasteiger partial charge in [0.25, 0.3) is 5.56 Å². The van der Waals surface area contributed by atoms with Gasteiger partial charge in [0.2, 0.25) is 0 Å². The van der Waals surface area contributed by atoms with Crippen molar-refractivity contribution in [3.05, 3.63) is 50.6 Å². The van der Waals surface area contributed by atoms with Gasteiger partial charge in [-0.3, -0.25) is 19.2 Å². The molecule has 0 saturated heterocycles. The molecule has 0 amide bonds. The molecule has 2 aromatic heterocycles. The second-order valence-electron chi connectivity index (χ2n) is 5.43. The Labute approximate surface area is 121 Å². The average Bonchev–Trinajstić information content (AvgIpc) is 2.96. The number of fused-ring (bicyclic) bond motifs is 1. The zero-order valence-corrected chi connectivity index (χ0v) is 12.0. The van der Waals surface area contributed by atoms with Crippen LogP contribution >= 0.6 is 0 Å². The Bertz CT molecular complexity index is 743. The van der Waals surface area contributed by atoms with Crippen molar-refractivity contribution in [1.29, 1.82) is 0 Å². The number of anilines is 1. The van der Waals surface area contributed by atoms with Crippen LogP contribution in [0.25, 0.3) is 0 Å². The third-order valence-electron chi connectivity index (χ3n) is 3.73. The predicted octanol–water partition coefficient (Wildman–Crippen LogP) is 0.771. The first-order valence-electron chi connectivity index (χ1n) is 6.92. The molecule has 3 heterocycles. The van der Waals surface area contributed by atoms with Crippen molar-refractivity contribution in [2.75, 3.05) is 12.0 Å². The van der Waals surface area contributed by atoms with Crippen LogP contribution in [0.2, 0.25) is 0 Å². The van der Waals surface area contributed by atoms with E-state index < -0.39 is 5.69 Å². The van der Waals surface area contributed by atoms with Crippen molar-refractivity contribution in [3.63, 3.8) is 0 Å². The number of hydrogen-bond acceptors (Lipinski definition) is 5. The molecule has 3 rings (SSSR count). The minimum absolute atomic E-state index is 0.291. The Kier molecular flexibility index (Phi) is 3.42. The van der Waals surface area contributed by atoms with Crippen LogP contribution in [0.3, 0.4) is 0 Å².